The van der Waals surface area contributed by atoms with Gasteiger partial charge in [-0.1, -0.05) is 58.3 Å². The third-order valence-corrected chi connectivity index (χ3v) is 6.72. The summed E-state index contributed by atoms with van der Waals surface area (Å²) in [6.07, 6.45) is 14.8. The summed E-state index contributed by atoms with van der Waals surface area (Å²) in [5, 5.41) is 0. The largest absolute Gasteiger partial charge is 0.466 e. The molecule has 0 rings (SSSR count). The number of ether oxygens (including phenoxy) is 5. The molecule has 0 aliphatic carbocycles. The fraction of sp³-hybridized carbons (Fsp3) is 0.906. The molecule has 2 atom stereocenters. The number of esters is 3. The highest BCUT2D eigenvalue weighted by Crippen LogP contribution is 2.20. The van der Waals surface area contributed by atoms with Gasteiger partial charge in [0.25, 0.3) is 0 Å². The zero-order chi connectivity index (χ0) is 31.1. The molecule has 0 aliphatic heterocycles. The lowest BCUT2D eigenvalue weighted by molar-refractivity contribution is -0.299. The second-order valence-corrected chi connectivity index (χ2v) is 10.7. The Balaban J connectivity index is 3.85. The van der Waals surface area contributed by atoms with Crippen molar-refractivity contribution in [3.05, 3.63) is 0 Å². The highest BCUT2D eigenvalue weighted by atomic mass is 17.2. The Morgan fingerprint density at radius 3 is 1.64 bits per heavy atom. The fourth-order valence-corrected chi connectivity index (χ4v) is 4.49. The van der Waals surface area contributed by atoms with Gasteiger partial charge in [0.1, 0.15) is 18.8 Å². The molecular weight excluding hydrogens is 544 g/mol. The number of rotatable bonds is 31. The molecule has 2 unspecified atom stereocenters. The van der Waals surface area contributed by atoms with Gasteiger partial charge in [0.05, 0.1) is 33.0 Å². The van der Waals surface area contributed by atoms with Crippen molar-refractivity contribution >= 4 is 17.9 Å². The van der Waals surface area contributed by atoms with Crippen LogP contribution < -0.4 is 0 Å². The predicted molar refractivity (Wildman–Crippen MR) is 161 cm³/mol. The number of unbranched alkanes of at least 4 members (excludes halogenated alkanes) is 11. The standard InChI is InChI=1S/C32H60O10/c1-5-6-7-9-14-19-30(41-28(2)33)31(42-29(3)34)20-15-10-8-11-16-21-32(35)38-22-17-12-13-18-23-39-40-27-26-37-25-24-36-4/h30-31H,5-27H2,1-4H3. The molecule has 0 amide bonds. The maximum Gasteiger partial charge on any atom is 0.305 e. The summed E-state index contributed by atoms with van der Waals surface area (Å²) in [6, 6.07) is 0. The Kier molecular flexibility index (Phi) is 29.4. The van der Waals surface area contributed by atoms with Gasteiger partial charge in [-0.05, 0) is 51.4 Å². The van der Waals surface area contributed by atoms with E-state index in [4.69, 9.17) is 33.5 Å². The van der Waals surface area contributed by atoms with E-state index in [1.165, 1.54) is 26.7 Å². The third kappa shape index (κ3) is 28.4. The van der Waals surface area contributed by atoms with E-state index >= 15 is 0 Å². The van der Waals surface area contributed by atoms with Crippen molar-refractivity contribution in [2.24, 2.45) is 0 Å². The number of carbonyl (C=O) groups excluding carboxylic acids is 3. The molecule has 0 aliphatic rings. The van der Waals surface area contributed by atoms with E-state index in [-0.39, 0.29) is 17.9 Å². The smallest absolute Gasteiger partial charge is 0.305 e. The summed E-state index contributed by atoms with van der Waals surface area (Å²) in [6.45, 7) is 7.95. The molecule has 0 saturated carbocycles. The molecule has 0 fully saturated rings. The Hall–Kier alpha value is -1.75. The number of hydrogen-bond acceptors (Lipinski definition) is 10. The SMILES string of the molecule is CCCCCCCC(OC(C)=O)C(CCCCCCCC(=O)OCCCCCCOOCCOCCOC)OC(C)=O. The van der Waals surface area contributed by atoms with Gasteiger partial charge in [0, 0.05) is 27.4 Å². The van der Waals surface area contributed by atoms with Crippen molar-refractivity contribution in [1.29, 1.82) is 0 Å². The van der Waals surface area contributed by atoms with Gasteiger partial charge in [-0.3, -0.25) is 14.4 Å². The van der Waals surface area contributed by atoms with Crippen LogP contribution in [0.25, 0.3) is 0 Å². The normalized spacial score (nSPS) is 12.6. The highest BCUT2D eigenvalue weighted by molar-refractivity contribution is 5.69. The average molecular weight is 605 g/mol. The maximum absolute atomic E-state index is 12.0. The van der Waals surface area contributed by atoms with Crippen LogP contribution in [-0.2, 0) is 47.8 Å². The Morgan fingerprint density at radius 2 is 1.05 bits per heavy atom. The van der Waals surface area contributed by atoms with Crippen LogP contribution >= 0.6 is 0 Å². The summed E-state index contributed by atoms with van der Waals surface area (Å²) >= 11 is 0. The van der Waals surface area contributed by atoms with Gasteiger partial charge in [0.15, 0.2) is 0 Å². The van der Waals surface area contributed by atoms with Crippen LogP contribution in [0.4, 0.5) is 0 Å². The van der Waals surface area contributed by atoms with E-state index in [0.717, 1.165) is 77.0 Å². The van der Waals surface area contributed by atoms with Gasteiger partial charge in [-0.25, -0.2) is 9.78 Å². The Labute approximate surface area is 254 Å². The van der Waals surface area contributed by atoms with Crippen LogP contribution in [0, 0.1) is 0 Å². The van der Waals surface area contributed by atoms with Gasteiger partial charge >= 0.3 is 17.9 Å². The minimum absolute atomic E-state index is 0.141. The number of carbonyl (C=O) groups is 3. The molecule has 0 heterocycles. The second kappa shape index (κ2) is 30.7. The fourth-order valence-electron chi connectivity index (χ4n) is 4.49. The van der Waals surface area contributed by atoms with Crippen LogP contribution in [-0.4, -0.2) is 76.9 Å². The highest BCUT2D eigenvalue weighted by Gasteiger charge is 2.26. The lowest BCUT2D eigenvalue weighted by Gasteiger charge is -2.26. The molecule has 0 aromatic heterocycles. The van der Waals surface area contributed by atoms with Gasteiger partial charge in [-0.2, -0.15) is 0 Å². The van der Waals surface area contributed by atoms with Crippen molar-refractivity contribution in [2.45, 2.75) is 142 Å². The first-order valence-corrected chi connectivity index (χ1v) is 16.2. The van der Waals surface area contributed by atoms with Crippen molar-refractivity contribution in [2.75, 3.05) is 46.8 Å². The average Bonchev–Trinajstić information content (AvgIpc) is 2.95. The van der Waals surface area contributed by atoms with E-state index in [0.29, 0.717) is 58.9 Å². The first-order chi connectivity index (χ1) is 20.4. The molecule has 10 heteroatoms. The first kappa shape index (κ1) is 40.2. The molecule has 248 valence electrons. The maximum atomic E-state index is 12.0. The van der Waals surface area contributed by atoms with E-state index in [2.05, 4.69) is 6.92 Å². The third-order valence-electron chi connectivity index (χ3n) is 6.72. The molecule has 0 spiro atoms. The van der Waals surface area contributed by atoms with Gasteiger partial charge in [0.2, 0.25) is 0 Å². The van der Waals surface area contributed by atoms with Crippen molar-refractivity contribution in [3.63, 3.8) is 0 Å². The molecule has 0 aromatic carbocycles. The number of hydrogen-bond donors (Lipinski definition) is 0. The molecule has 42 heavy (non-hydrogen) atoms. The van der Waals surface area contributed by atoms with E-state index in [1.54, 1.807) is 7.11 Å². The monoisotopic (exact) mass is 604 g/mol. The topological polar surface area (TPSA) is 116 Å². The van der Waals surface area contributed by atoms with Crippen molar-refractivity contribution < 1.29 is 47.8 Å². The summed E-state index contributed by atoms with van der Waals surface area (Å²) < 4.78 is 26.6. The van der Waals surface area contributed by atoms with E-state index < -0.39 is 12.2 Å². The zero-order valence-corrected chi connectivity index (χ0v) is 27.0. The van der Waals surface area contributed by atoms with Crippen LogP contribution in [0.3, 0.4) is 0 Å². The molecule has 0 aromatic rings. The second-order valence-electron chi connectivity index (χ2n) is 10.7. The quantitative estimate of drug-likeness (QED) is 0.0280. The summed E-state index contributed by atoms with van der Waals surface area (Å²) in [5.41, 5.74) is 0. The summed E-state index contributed by atoms with van der Waals surface area (Å²) in [4.78, 5) is 45.5. The lowest BCUT2D eigenvalue weighted by Crippen LogP contribution is -2.34. The molecule has 10 nitrogen and oxygen atoms in total. The predicted octanol–water partition coefficient (Wildman–Crippen LogP) is 6.66. The molecule has 0 saturated heterocycles. The minimum Gasteiger partial charge on any atom is -0.466 e. The zero-order valence-electron chi connectivity index (χ0n) is 27.0. The van der Waals surface area contributed by atoms with Crippen molar-refractivity contribution in [3.8, 4) is 0 Å². The minimum atomic E-state index is -0.412. The van der Waals surface area contributed by atoms with Gasteiger partial charge in [-0.15, -0.1) is 0 Å². The molecule has 0 radical (unpaired) electrons. The van der Waals surface area contributed by atoms with Crippen LogP contribution in [0.1, 0.15) is 130 Å². The van der Waals surface area contributed by atoms with Crippen LogP contribution in [0.2, 0.25) is 0 Å². The summed E-state index contributed by atoms with van der Waals surface area (Å²) in [7, 11) is 1.63. The van der Waals surface area contributed by atoms with E-state index in [1.807, 2.05) is 0 Å². The van der Waals surface area contributed by atoms with Crippen LogP contribution in [0.5, 0.6) is 0 Å². The summed E-state index contributed by atoms with van der Waals surface area (Å²) in [5.74, 6) is -0.834. The number of methoxy groups -OCH3 is 1. The molecule has 0 N–H and O–H groups in total. The van der Waals surface area contributed by atoms with Crippen LogP contribution in [0.15, 0.2) is 0 Å². The molecular formula is C32H60O10. The van der Waals surface area contributed by atoms with E-state index in [9.17, 15) is 14.4 Å². The first-order valence-electron chi connectivity index (χ1n) is 16.2. The molecule has 0 bridgehead atoms. The Morgan fingerprint density at radius 1 is 0.548 bits per heavy atom. The Bertz CT molecular complexity index is 643. The van der Waals surface area contributed by atoms with Gasteiger partial charge < -0.3 is 23.7 Å². The lowest BCUT2D eigenvalue weighted by atomic mass is 9.99. The van der Waals surface area contributed by atoms with Crippen molar-refractivity contribution in [1.82, 2.24) is 0 Å².